The molecule has 2 rings (SSSR count). The van der Waals surface area contributed by atoms with E-state index in [9.17, 15) is 10.1 Å². The predicted octanol–water partition coefficient (Wildman–Crippen LogP) is 3.58. The fraction of sp³-hybridized carbons (Fsp3) is 0.417. The first-order chi connectivity index (χ1) is 8.99. The SMILES string of the molecule is CC(C)CCNc1cc([N+](=O)[O-])cc2c(Cl)[nH]nc12. The number of anilines is 1. The van der Waals surface area contributed by atoms with Gasteiger partial charge in [0.25, 0.3) is 5.69 Å². The zero-order valence-corrected chi connectivity index (χ0v) is 11.5. The highest BCUT2D eigenvalue weighted by Crippen LogP contribution is 2.31. The minimum Gasteiger partial charge on any atom is -0.383 e. The van der Waals surface area contributed by atoms with Crippen LogP contribution in [0.25, 0.3) is 10.9 Å². The highest BCUT2D eigenvalue weighted by atomic mass is 35.5. The van der Waals surface area contributed by atoms with Crippen LogP contribution in [-0.4, -0.2) is 21.7 Å². The summed E-state index contributed by atoms with van der Waals surface area (Å²) in [5.41, 5.74) is 1.26. The van der Waals surface area contributed by atoms with E-state index in [1.54, 1.807) is 0 Å². The summed E-state index contributed by atoms with van der Waals surface area (Å²) in [5.74, 6) is 0.560. The van der Waals surface area contributed by atoms with Crippen LogP contribution in [0, 0.1) is 16.0 Å². The maximum Gasteiger partial charge on any atom is 0.272 e. The Morgan fingerprint density at radius 1 is 1.53 bits per heavy atom. The Morgan fingerprint density at radius 2 is 2.26 bits per heavy atom. The molecule has 1 aromatic heterocycles. The summed E-state index contributed by atoms with van der Waals surface area (Å²) in [6.45, 7) is 4.98. The van der Waals surface area contributed by atoms with Crippen molar-refractivity contribution in [2.24, 2.45) is 5.92 Å². The molecule has 0 aliphatic rings. The molecule has 0 fully saturated rings. The standard InChI is InChI=1S/C12H15ClN4O2/c1-7(2)3-4-14-10-6-8(17(18)19)5-9-11(10)15-16-12(9)13/h5-7,14H,3-4H2,1-2H3,(H,15,16). The molecule has 0 spiro atoms. The van der Waals surface area contributed by atoms with Gasteiger partial charge in [0.1, 0.15) is 10.7 Å². The van der Waals surface area contributed by atoms with Crippen LogP contribution in [0.3, 0.4) is 0 Å². The first kappa shape index (κ1) is 13.6. The van der Waals surface area contributed by atoms with Gasteiger partial charge in [-0.05, 0) is 12.3 Å². The van der Waals surface area contributed by atoms with Crippen LogP contribution in [0.5, 0.6) is 0 Å². The molecule has 0 saturated heterocycles. The lowest BCUT2D eigenvalue weighted by Crippen LogP contribution is -2.05. The molecule has 6 nitrogen and oxygen atoms in total. The summed E-state index contributed by atoms with van der Waals surface area (Å²) in [6, 6.07) is 2.91. The van der Waals surface area contributed by atoms with E-state index >= 15 is 0 Å². The monoisotopic (exact) mass is 282 g/mol. The number of aromatic nitrogens is 2. The van der Waals surface area contributed by atoms with E-state index in [4.69, 9.17) is 11.6 Å². The second kappa shape index (κ2) is 5.44. The minimum atomic E-state index is -0.434. The highest BCUT2D eigenvalue weighted by Gasteiger charge is 2.15. The van der Waals surface area contributed by atoms with Gasteiger partial charge in [-0.2, -0.15) is 5.10 Å². The van der Waals surface area contributed by atoms with Crippen molar-refractivity contribution in [3.05, 3.63) is 27.4 Å². The van der Waals surface area contributed by atoms with Crippen molar-refractivity contribution in [1.82, 2.24) is 10.2 Å². The van der Waals surface area contributed by atoms with E-state index in [0.717, 1.165) is 13.0 Å². The molecule has 2 N–H and O–H groups in total. The molecule has 0 bridgehead atoms. The Labute approximate surface area is 115 Å². The smallest absolute Gasteiger partial charge is 0.272 e. The molecule has 0 atom stereocenters. The molecule has 2 aromatic rings. The molecule has 0 aliphatic carbocycles. The van der Waals surface area contributed by atoms with Crippen molar-refractivity contribution in [2.75, 3.05) is 11.9 Å². The minimum absolute atomic E-state index is 0.00264. The largest absolute Gasteiger partial charge is 0.383 e. The average Bonchev–Trinajstić information content (AvgIpc) is 2.71. The number of rotatable bonds is 5. The lowest BCUT2D eigenvalue weighted by molar-refractivity contribution is -0.384. The number of fused-ring (bicyclic) bond motifs is 1. The number of hydrogen-bond donors (Lipinski definition) is 2. The number of halogens is 1. The van der Waals surface area contributed by atoms with E-state index in [1.165, 1.54) is 12.1 Å². The molecule has 0 radical (unpaired) electrons. The molecular weight excluding hydrogens is 268 g/mol. The summed E-state index contributed by atoms with van der Waals surface area (Å²) < 4.78 is 0. The van der Waals surface area contributed by atoms with Crippen molar-refractivity contribution in [1.29, 1.82) is 0 Å². The van der Waals surface area contributed by atoms with Gasteiger partial charge in [0.05, 0.1) is 10.6 Å². The van der Waals surface area contributed by atoms with Crippen LogP contribution in [0.15, 0.2) is 12.1 Å². The Balaban J connectivity index is 2.37. The van der Waals surface area contributed by atoms with Gasteiger partial charge in [-0.25, -0.2) is 0 Å². The second-order valence-corrected chi connectivity index (χ2v) is 5.17. The fourth-order valence-corrected chi connectivity index (χ4v) is 1.99. The highest BCUT2D eigenvalue weighted by molar-refractivity contribution is 6.34. The summed E-state index contributed by atoms with van der Waals surface area (Å²) in [4.78, 5) is 10.5. The van der Waals surface area contributed by atoms with Crippen LogP contribution in [-0.2, 0) is 0 Å². The predicted molar refractivity (Wildman–Crippen MR) is 75.7 cm³/mol. The maximum absolute atomic E-state index is 10.9. The van der Waals surface area contributed by atoms with Crippen molar-refractivity contribution in [3.8, 4) is 0 Å². The zero-order chi connectivity index (χ0) is 14.0. The number of hydrogen-bond acceptors (Lipinski definition) is 4. The first-order valence-electron chi connectivity index (χ1n) is 6.05. The molecule has 1 aromatic carbocycles. The van der Waals surface area contributed by atoms with Crippen molar-refractivity contribution in [2.45, 2.75) is 20.3 Å². The maximum atomic E-state index is 10.9. The van der Waals surface area contributed by atoms with Crippen LogP contribution in [0.4, 0.5) is 11.4 Å². The lowest BCUT2D eigenvalue weighted by atomic mass is 10.1. The summed E-state index contributed by atoms with van der Waals surface area (Å²) in [5, 5.41) is 21.7. The molecule has 1 heterocycles. The molecule has 19 heavy (non-hydrogen) atoms. The number of nitrogens with one attached hydrogen (secondary N) is 2. The van der Waals surface area contributed by atoms with Crippen LogP contribution >= 0.6 is 11.6 Å². The van der Waals surface area contributed by atoms with Crippen LogP contribution in [0.2, 0.25) is 5.15 Å². The molecule has 7 heteroatoms. The third-order valence-corrected chi connectivity index (χ3v) is 3.13. The lowest BCUT2D eigenvalue weighted by Gasteiger charge is -2.08. The zero-order valence-electron chi connectivity index (χ0n) is 10.7. The van der Waals surface area contributed by atoms with E-state index in [1.807, 2.05) is 0 Å². The fourth-order valence-electron chi connectivity index (χ4n) is 1.81. The molecule has 0 aliphatic heterocycles. The molecule has 0 saturated carbocycles. The van der Waals surface area contributed by atoms with Crippen molar-refractivity contribution < 1.29 is 4.92 Å². The van der Waals surface area contributed by atoms with E-state index in [-0.39, 0.29) is 5.69 Å². The second-order valence-electron chi connectivity index (χ2n) is 4.79. The van der Waals surface area contributed by atoms with Gasteiger partial charge in [-0.15, -0.1) is 0 Å². The van der Waals surface area contributed by atoms with Gasteiger partial charge in [0.15, 0.2) is 0 Å². The number of aromatic amines is 1. The topological polar surface area (TPSA) is 83.9 Å². The Bertz CT molecular complexity index is 609. The number of non-ortho nitro benzene ring substituents is 1. The van der Waals surface area contributed by atoms with Gasteiger partial charge in [-0.1, -0.05) is 25.4 Å². The van der Waals surface area contributed by atoms with E-state index in [2.05, 4.69) is 29.4 Å². The van der Waals surface area contributed by atoms with E-state index in [0.29, 0.717) is 27.7 Å². The van der Waals surface area contributed by atoms with Crippen molar-refractivity contribution in [3.63, 3.8) is 0 Å². The number of nitro groups is 1. The van der Waals surface area contributed by atoms with Gasteiger partial charge in [0, 0.05) is 24.1 Å². The molecule has 0 unspecified atom stereocenters. The molecule has 0 amide bonds. The summed E-state index contributed by atoms with van der Waals surface area (Å²) in [7, 11) is 0. The third-order valence-electron chi connectivity index (χ3n) is 2.84. The number of nitrogens with zero attached hydrogens (tertiary/aromatic N) is 2. The van der Waals surface area contributed by atoms with Gasteiger partial charge < -0.3 is 5.32 Å². The van der Waals surface area contributed by atoms with Gasteiger partial charge >= 0.3 is 0 Å². The third kappa shape index (κ3) is 2.96. The van der Waals surface area contributed by atoms with E-state index < -0.39 is 4.92 Å². The number of nitro benzene ring substituents is 1. The average molecular weight is 283 g/mol. The Kier molecular flexibility index (Phi) is 3.90. The summed E-state index contributed by atoms with van der Waals surface area (Å²) in [6.07, 6.45) is 0.975. The Hall–Kier alpha value is -1.82. The summed E-state index contributed by atoms with van der Waals surface area (Å²) >= 11 is 5.94. The normalized spacial score (nSPS) is 11.2. The van der Waals surface area contributed by atoms with Crippen LogP contribution in [0.1, 0.15) is 20.3 Å². The van der Waals surface area contributed by atoms with Crippen molar-refractivity contribution >= 4 is 33.9 Å². The molecule has 102 valence electrons. The number of H-pyrrole nitrogens is 1. The van der Waals surface area contributed by atoms with Crippen LogP contribution < -0.4 is 5.32 Å². The molecular formula is C12H15ClN4O2. The van der Waals surface area contributed by atoms with Gasteiger partial charge in [-0.3, -0.25) is 15.2 Å². The number of benzene rings is 1. The Morgan fingerprint density at radius 3 is 2.89 bits per heavy atom. The van der Waals surface area contributed by atoms with Gasteiger partial charge in [0.2, 0.25) is 0 Å². The quantitative estimate of drug-likeness (QED) is 0.648. The first-order valence-corrected chi connectivity index (χ1v) is 6.42.